The molecule has 23 heavy (non-hydrogen) atoms. The Labute approximate surface area is 139 Å². The summed E-state index contributed by atoms with van der Waals surface area (Å²) in [6.07, 6.45) is 7.58. The number of thiazole rings is 1. The van der Waals surface area contributed by atoms with Crippen molar-refractivity contribution in [2.45, 2.75) is 44.9 Å². The fourth-order valence-corrected chi connectivity index (χ4v) is 3.27. The minimum atomic E-state index is -0.522. The van der Waals surface area contributed by atoms with Crippen molar-refractivity contribution in [3.05, 3.63) is 29.0 Å². The van der Waals surface area contributed by atoms with Crippen LogP contribution in [-0.2, 0) is 16.8 Å². The van der Waals surface area contributed by atoms with Gasteiger partial charge < -0.3 is 15.4 Å². The second kappa shape index (κ2) is 6.67. The summed E-state index contributed by atoms with van der Waals surface area (Å²) in [5, 5.41) is 12.8. The molecule has 0 saturated carbocycles. The van der Waals surface area contributed by atoms with Crippen molar-refractivity contribution in [2.75, 3.05) is 11.9 Å². The summed E-state index contributed by atoms with van der Waals surface area (Å²) >= 11 is 1.52. The number of carbonyl (C=O) groups excluding carboxylic acids is 1. The van der Waals surface area contributed by atoms with E-state index >= 15 is 0 Å². The van der Waals surface area contributed by atoms with Crippen LogP contribution >= 0.6 is 11.3 Å². The first-order valence-electron chi connectivity index (χ1n) is 7.66. The standard InChI is InChI=1S/C15H21N5O2S/c1-15(2,13-16-5-7-23-13)19-14(21)18-11-8-17-20(9-11)10-12-4-3-6-22-12/h5,7-9,12H,3-4,6,10H2,1-2H3,(H2,18,19,21)/t12-/m1/s1. The maximum absolute atomic E-state index is 12.2. The van der Waals surface area contributed by atoms with Crippen molar-refractivity contribution < 1.29 is 9.53 Å². The van der Waals surface area contributed by atoms with Crippen LogP contribution in [0.3, 0.4) is 0 Å². The molecule has 2 amide bonds. The van der Waals surface area contributed by atoms with Crippen LogP contribution in [0.2, 0.25) is 0 Å². The molecule has 124 valence electrons. The molecule has 3 heterocycles. The highest BCUT2D eigenvalue weighted by molar-refractivity contribution is 7.09. The van der Waals surface area contributed by atoms with Crippen LogP contribution in [-0.4, -0.2) is 33.5 Å². The van der Waals surface area contributed by atoms with Gasteiger partial charge in [-0.05, 0) is 26.7 Å². The molecule has 1 saturated heterocycles. The number of nitrogens with one attached hydrogen (secondary N) is 2. The lowest BCUT2D eigenvalue weighted by atomic mass is 10.1. The number of ether oxygens (including phenoxy) is 1. The average Bonchev–Trinajstić information content (AvgIpc) is 3.20. The first-order valence-corrected chi connectivity index (χ1v) is 8.54. The summed E-state index contributed by atoms with van der Waals surface area (Å²) in [4.78, 5) is 16.4. The van der Waals surface area contributed by atoms with Crippen molar-refractivity contribution in [3.8, 4) is 0 Å². The molecule has 1 atom stereocenters. The van der Waals surface area contributed by atoms with E-state index in [9.17, 15) is 4.79 Å². The average molecular weight is 335 g/mol. The van der Waals surface area contributed by atoms with Crippen LogP contribution in [0.15, 0.2) is 24.0 Å². The van der Waals surface area contributed by atoms with E-state index < -0.39 is 5.54 Å². The number of aromatic nitrogens is 3. The number of hydrogen-bond acceptors (Lipinski definition) is 5. The van der Waals surface area contributed by atoms with Crippen LogP contribution in [0.4, 0.5) is 10.5 Å². The van der Waals surface area contributed by atoms with Crippen LogP contribution in [0.5, 0.6) is 0 Å². The number of nitrogens with zero attached hydrogens (tertiary/aromatic N) is 3. The van der Waals surface area contributed by atoms with Gasteiger partial charge in [0, 0.05) is 24.4 Å². The lowest BCUT2D eigenvalue weighted by molar-refractivity contribution is 0.0940. The molecule has 0 aromatic carbocycles. The predicted octanol–water partition coefficient (Wildman–Crippen LogP) is 2.58. The smallest absolute Gasteiger partial charge is 0.320 e. The van der Waals surface area contributed by atoms with Gasteiger partial charge in [-0.3, -0.25) is 4.68 Å². The third kappa shape index (κ3) is 4.08. The van der Waals surface area contributed by atoms with Crippen LogP contribution in [0.25, 0.3) is 0 Å². The van der Waals surface area contributed by atoms with Gasteiger partial charge in [-0.15, -0.1) is 11.3 Å². The number of amides is 2. The Morgan fingerprint density at radius 3 is 3.13 bits per heavy atom. The van der Waals surface area contributed by atoms with Crippen LogP contribution in [0, 0.1) is 0 Å². The van der Waals surface area contributed by atoms with E-state index in [0.717, 1.165) is 24.5 Å². The quantitative estimate of drug-likeness (QED) is 0.880. The molecule has 0 radical (unpaired) electrons. The summed E-state index contributed by atoms with van der Waals surface area (Å²) < 4.78 is 7.39. The van der Waals surface area contributed by atoms with Crippen LogP contribution < -0.4 is 10.6 Å². The number of urea groups is 1. The van der Waals surface area contributed by atoms with Gasteiger partial charge >= 0.3 is 6.03 Å². The maximum atomic E-state index is 12.2. The van der Waals surface area contributed by atoms with Gasteiger partial charge in [0.1, 0.15) is 5.01 Å². The van der Waals surface area contributed by atoms with Gasteiger partial charge in [0.15, 0.2) is 0 Å². The number of rotatable bonds is 5. The van der Waals surface area contributed by atoms with E-state index in [1.807, 2.05) is 25.4 Å². The Bertz CT molecular complexity index is 647. The highest BCUT2D eigenvalue weighted by atomic mass is 32.1. The summed E-state index contributed by atoms with van der Waals surface area (Å²) in [6.45, 7) is 5.39. The molecule has 7 nitrogen and oxygen atoms in total. The topological polar surface area (TPSA) is 81.1 Å². The van der Waals surface area contributed by atoms with Crippen molar-refractivity contribution in [1.29, 1.82) is 0 Å². The fourth-order valence-electron chi connectivity index (χ4n) is 2.56. The van der Waals surface area contributed by atoms with Crippen LogP contribution in [0.1, 0.15) is 31.7 Å². The van der Waals surface area contributed by atoms with E-state index in [4.69, 9.17) is 4.74 Å². The second-order valence-corrected chi connectivity index (χ2v) is 7.02. The molecule has 3 rings (SSSR count). The highest BCUT2D eigenvalue weighted by Gasteiger charge is 2.25. The van der Waals surface area contributed by atoms with E-state index in [2.05, 4.69) is 20.7 Å². The lowest BCUT2D eigenvalue weighted by Crippen LogP contribution is -2.43. The summed E-state index contributed by atoms with van der Waals surface area (Å²) in [5.74, 6) is 0. The minimum absolute atomic E-state index is 0.223. The number of anilines is 1. The number of hydrogen-bond donors (Lipinski definition) is 2. The molecule has 0 spiro atoms. The Balaban J connectivity index is 1.54. The molecule has 1 aliphatic rings. The highest BCUT2D eigenvalue weighted by Crippen LogP contribution is 2.22. The van der Waals surface area contributed by atoms with Crippen molar-refractivity contribution in [2.24, 2.45) is 0 Å². The molecule has 1 fully saturated rings. The summed E-state index contributed by atoms with van der Waals surface area (Å²) in [6, 6.07) is -0.276. The van der Waals surface area contributed by atoms with Gasteiger partial charge in [0.05, 0.1) is 30.1 Å². The van der Waals surface area contributed by atoms with Gasteiger partial charge in [0.2, 0.25) is 0 Å². The first kappa shape index (κ1) is 15.9. The molecular weight excluding hydrogens is 314 g/mol. The van der Waals surface area contributed by atoms with Crippen molar-refractivity contribution in [1.82, 2.24) is 20.1 Å². The molecule has 0 unspecified atom stereocenters. The zero-order valence-electron chi connectivity index (χ0n) is 13.3. The minimum Gasteiger partial charge on any atom is -0.376 e. The third-order valence-electron chi connectivity index (χ3n) is 3.70. The van der Waals surface area contributed by atoms with Gasteiger partial charge in [-0.25, -0.2) is 9.78 Å². The first-order chi connectivity index (χ1) is 11.0. The zero-order chi connectivity index (χ0) is 16.3. The van der Waals surface area contributed by atoms with E-state index in [-0.39, 0.29) is 12.1 Å². The zero-order valence-corrected chi connectivity index (χ0v) is 14.1. The third-order valence-corrected chi connectivity index (χ3v) is 4.80. The second-order valence-electron chi connectivity index (χ2n) is 6.13. The van der Waals surface area contributed by atoms with Gasteiger partial charge in [-0.2, -0.15) is 5.10 Å². The van der Waals surface area contributed by atoms with Gasteiger partial charge in [-0.1, -0.05) is 0 Å². The van der Waals surface area contributed by atoms with E-state index in [0.29, 0.717) is 12.2 Å². The Hall–Kier alpha value is -1.93. The SMILES string of the molecule is CC(C)(NC(=O)Nc1cnn(C[C@H]2CCCO2)c1)c1nccs1. The normalized spacial score (nSPS) is 18.1. The Morgan fingerprint density at radius 1 is 1.57 bits per heavy atom. The monoisotopic (exact) mass is 335 g/mol. The summed E-state index contributed by atoms with van der Waals surface area (Å²) in [7, 11) is 0. The van der Waals surface area contributed by atoms with Crippen molar-refractivity contribution >= 4 is 23.1 Å². The summed E-state index contributed by atoms with van der Waals surface area (Å²) in [5.41, 5.74) is 0.141. The van der Waals surface area contributed by atoms with E-state index in [1.54, 1.807) is 17.1 Å². The fraction of sp³-hybridized carbons (Fsp3) is 0.533. The Morgan fingerprint density at radius 2 is 2.43 bits per heavy atom. The lowest BCUT2D eigenvalue weighted by Gasteiger charge is -2.23. The molecular formula is C15H21N5O2S. The molecule has 8 heteroatoms. The maximum Gasteiger partial charge on any atom is 0.320 e. The molecule has 0 aliphatic carbocycles. The molecule has 2 N–H and O–H groups in total. The molecule has 2 aromatic heterocycles. The van der Waals surface area contributed by atoms with Crippen molar-refractivity contribution in [3.63, 3.8) is 0 Å². The molecule has 0 bridgehead atoms. The Kier molecular flexibility index (Phi) is 4.63. The molecule has 2 aromatic rings. The molecule has 1 aliphatic heterocycles. The predicted molar refractivity (Wildman–Crippen MR) is 88.5 cm³/mol. The van der Waals surface area contributed by atoms with Gasteiger partial charge in [0.25, 0.3) is 0 Å². The number of carbonyl (C=O) groups is 1. The van der Waals surface area contributed by atoms with E-state index in [1.165, 1.54) is 11.3 Å². The largest absolute Gasteiger partial charge is 0.376 e.